The Balaban J connectivity index is 1.61. The van der Waals surface area contributed by atoms with Gasteiger partial charge in [0.05, 0.1) is 24.8 Å². The molecular weight excluding hydrogens is 509 g/mol. The van der Waals surface area contributed by atoms with Gasteiger partial charge in [0, 0.05) is 43.1 Å². The van der Waals surface area contributed by atoms with E-state index in [0.717, 1.165) is 17.7 Å². The summed E-state index contributed by atoms with van der Waals surface area (Å²) in [6.07, 6.45) is -2.90. The molecule has 1 aliphatic heterocycles. The van der Waals surface area contributed by atoms with Crippen LogP contribution in [0.1, 0.15) is 22.7 Å². The molecule has 1 atom stereocenters. The number of nitrogens with zero attached hydrogens (tertiary/aromatic N) is 4. The van der Waals surface area contributed by atoms with Gasteiger partial charge >= 0.3 is 12.2 Å². The van der Waals surface area contributed by atoms with Gasteiger partial charge in [-0.25, -0.2) is 9.78 Å². The number of aliphatic hydroxyl groups excluding tert-OH is 2. The van der Waals surface area contributed by atoms with Crippen molar-refractivity contribution in [3.05, 3.63) is 88.6 Å². The summed E-state index contributed by atoms with van der Waals surface area (Å²) in [7, 11) is 0. The fraction of sp³-hybridized carbons (Fsp3) is 0.308. The first-order valence-electron chi connectivity index (χ1n) is 11.6. The summed E-state index contributed by atoms with van der Waals surface area (Å²) in [6.45, 7) is 0.808. The Morgan fingerprint density at radius 2 is 1.73 bits per heavy atom. The van der Waals surface area contributed by atoms with Crippen LogP contribution in [0.4, 0.5) is 29.5 Å². The van der Waals surface area contributed by atoms with Gasteiger partial charge in [-0.2, -0.15) is 13.2 Å². The molecule has 1 fully saturated rings. The second kappa shape index (κ2) is 11.4. The van der Waals surface area contributed by atoms with Crippen molar-refractivity contribution in [2.45, 2.75) is 18.8 Å². The quantitative estimate of drug-likeness (QED) is 0.415. The maximum atomic E-state index is 13.5. The summed E-state index contributed by atoms with van der Waals surface area (Å²) in [6, 6.07) is 14.1. The van der Waals surface area contributed by atoms with E-state index in [9.17, 15) is 28.2 Å². The Hall–Kier alpha value is -3.34. The van der Waals surface area contributed by atoms with Gasteiger partial charge in [0.15, 0.2) is 0 Å². The van der Waals surface area contributed by atoms with E-state index in [4.69, 9.17) is 11.6 Å². The number of carbonyl (C=O) groups is 1. The second-order valence-electron chi connectivity index (χ2n) is 8.61. The van der Waals surface area contributed by atoms with Crippen LogP contribution in [-0.2, 0) is 12.7 Å². The molecule has 2 N–H and O–H groups in total. The number of amides is 2. The normalized spacial score (nSPS) is 15.9. The molecule has 3 aromatic rings. The summed E-state index contributed by atoms with van der Waals surface area (Å²) in [5.74, 6) is 0.573. The van der Waals surface area contributed by atoms with Crippen molar-refractivity contribution in [3.8, 4) is 0 Å². The highest BCUT2D eigenvalue weighted by Crippen LogP contribution is 2.38. The van der Waals surface area contributed by atoms with Crippen LogP contribution in [0, 0.1) is 0 Å². The molecule has 4 rings (SSSR count). The molecule has 7 nitrogen and oxygen atoms in total. The Morgan fingerprint density at radius 3 is 2.32 bits per heavy atom. The minimum atomic E-state index is -4.50. The smallest absolute Gasteiger partial charge is 0.395 e. The van der Waals surface area contributed by atoms with Gasteiger partial charge in [0.2, 0.25) is 0 Å². The number of halogens is 4. The SMILES string of the molecule is O=C1N(Cc2ccc(N(CCO)CCO)nc2)CC(c2cccc(C(F)(F)F)c2)N1c1ccc(Cl)cc1. The second-order valence-corrected chi connectivity index (χ2v) is 9.04. The summed E-state index contributed by atoms with van der Waals surface area (Å²) in [5.41, 5.74) is 0.849. The monoisotopic (exact) mass is 534 g/mol. The van der Waals surface area contributed by atoms with Crippen molar-refractivity contribution in [1.29, 1.82) is 0 Å². The molecule has 0 saturated carbocycles. The third kappa shape index (κ3) is 6.15. The Morgan fingerprint density at radius 1 is 1.03 bits per heavy atom. The first-order valence-corrected chi connectivity index (χ1v) is 12.0. The van der Waals surface area contributed by atoms with Crippen molar-refractivity contribution < 1.29 is 28.2 Å². The summed E-state index contributed by atoms with van der Waals surface area (Å²) < 4.78 is 40.2. The first-order chi connectivity index (χ1) is 17.7. The number of rotatable bonds is 9. The van der Waals surface area contributed by atoms with Gasteiger partial charge in [-0.05, 0) is 53.6 Å². The van der Waals surface area contributed by atoms with E-state index in [1.165, 1.54) is 11.0 Å². The number of benzene rings is 2. The molecule has 1 aromatic heterocycles. The maximum absolute atomic E-state index is 13.5. The van der Waals surface area contributed by atoms with Crippen LogP contribution in [0.15, 0.2) is 66.9 Å². The Bertz CT molecular complexity index is 1200. The van der Waals surface area contributed by atoms with E-state index in [0.29, 0.717) is 35.2 Å². The zero-order chi connectivity index (χ0) is 26.6. The van der Waals surface area contributed by atoms with Crippen LogP contribution in [0.5, 0.6) is 0 Å². The lowest BCUT2D eigenvalue weighted by Crippen LogP contribution is -2.32. The number of hydrogen-bond donors (Lipinski definition) is 2. The maximum Gasteiger partial charge on any atom is 0.416 e. The summed E-state index contributed by atoms with van der Waals surface area (Å²) in [5, 5.41) is 19.0. The predicted octanol–water partition coefficient (Wildman–Crippen LogP) is 4.73. The van der Waals surface area contributed by atoms with Gasteiger partial charge in [0.1, 0.15) is 5.82 Å². The van der Waals surface area contributed by atoms with Crippen LogP contribution < -0.4 is 9.80 Å². The number of hydrogen-bond acceptors (Lipinski definition) is 5. The third-order valence-corrected chi connectivity index (χ3v) is 6.38. The fourth-order valence-corrected chi connectivity index (χ4v) is 4.48. The number of urea groups is 1. The van der Waals surface area contributed by atoms with Gasteiger partial charge in [-0.1, -0.05) is 29.8 Å². The molecular formula is C26H26ClF3N4O3. The van der Waals surface area contributed by atoms with Gasteiger partial charge in [-0.15, -0.1) is 0 Å². The largest absolute Gasteiger partial charge is 0.416 e. The van der Waals surface area contributed by atoms with Gasteiger partial charge in [-0.3, -0.25) is 4.90 Å². The lowest BCUT2D eigenvalue weighted by Gasteiger charge is -2.24. The molecule has 1 saturated heterocycles. The molecule has 0 spiro atoms. The average Bonchev–Trinajstić information content (AvgIpc) is 3.20. The molecule has 0 aliphatic carbocycles. The number of carbonyl (C=O) groups excluding carboxylic acids is 1. The molecule has 2 amide bonds. The summed E-state index contributed by atoms with van der Waals surface area (Å²) >= 11 is 6.01. The summed E-state index contributed by atoms with van der Waals surface area (Å²) in [4.78, 5) is 22.7. The van der Waals surface area contributed by atoms with Crippen LogP contribution in [0.2, 0.25) is 5.02 Å². The minimum Gasteiger partial charge on any atom is -0.395 e. The molecule has 0 bridgehead atoms. The number of anilines is 2. The average molecular weight is 535 g/mol. The minimum absolute atomic E-state index is 0.0941. The number of pyridine rings is 1. The zero-order valence-corrected chi connectivity index (χ0v) is 20.5. The van der Waals surface area contributed by atoms with Crippen LogP contribution >= 0.6 is 11.6 Å². The standard InChI is InChI=1S/C26H26ClF3N4O3/c27-21-5-7-22(8-6-21)34-23(19-2-1-3-20(14-19)26(28,29)30)17-33(25(34)37)16-18-4-9-24(31-15-18)32(10-12-35)11-13-36/h1-9,14-15,23,35-36H,10-13,16-17H2. The van der Waals surface area contributed by atoms with Crippen molar-refractivity contribution in [3.63, 3.8) is 0 Å². The van der Waals surface area contributed by atoms with Gasteiger partial charge < -0.3 is 20.0 Å². The molecule has 0 radical (unpaired) electrons. The van der Waals surface area contributed by atoms with Crippen molar-refractivity contribution in [2.24, 2.45) is 0 Å². The molecule has 2 aromatic carbocycles. The van der Waals surface area contributed by atoms with E-state index >= 15 is 0 Å². The molecule has 11 heteroatoms. The highest BCUT2D eigenvalue weighted by atomic mass is 35.5. The molecule has 196 valence electrons. The number of aliphatic hydroxyl groups is 2. The molecule has 1 unspecified atom stereocenters. The van der Waals surface area contributed by atoms with Crippen LogP contribution in [0.25, 0.3) is 0 Å². The highest BCUT2D eigenvalue weighted by Gasteiger charge is 2.40. The van der Waals surface area contributed by atoms with Crippen molar-refractivity contribution in [1.82, 2.24) is 9.88 Å². The van der Waals surface area contributed by atoms with E-state index in [-0.39, 0.29) is 32.3 Å². The zero-order valence-electron chi connectivity index (χ0n) is 19.8. The van der Waals surface area contributed by atoms with E-state index in [1.54, 1.807) is 58.5 Å². The van der Waals surface area contributed by atoms with Crippen LogP contribution in [0.3, 0.4) is 0 Å². The van der Waals surface area contributed by atoms with Crippen molar-refractivity contribution in [2.75, 3.05) is 42.6 Å². The van der Waals surface area contributed by atoms with E-state index in [1.807, 2.05) is 0 Å². The fourth-order valence-electron chi connectivity index (χ4n) is 4.36. The van der Waals surface area contributed by atoms with Crippen LogP contribution in [-0.4, -0.2) is 59.0 Å². The third-order valence-electron chi connectivity index (χ3n) is 6.13. The molecule has 1 aliphatic rings. The first kappa shape index (κ1) is 26.7. The lowest BCUT2D eigenvalue weighted by molar-refractivity contribution is -0.137. The van der Waals surface area contributed by atoms with Crippen molar-refractivity contribution >= 4 is 29.1 Å². The lowest BCUT2D eigenvalue weighted by atomic mass is 10.0. The number of aromatic nitrogens is 1. The van der Waals surface area contributed by atoms with Gasteiger partial charge in [0.25, 0.3) is 0 Å². The topological polar surface area (TPSA) is 80.1 Å². The van der Waals surface area contributed by atoms with E-state index < -0.39 is 17.8 Å². The Kier molecular flexibility index (Phi) is 8.21. The van der Waals surface area contributed by atoms with E-state index in [2.05, 4.69) is 4.98 Å². The Labute approximate surface area is 217 Å². The number of alkyl halides is 3. The molecule has 2 heterocycles. The molecule has 37 heavy (non-hydrogen) atoms. The predicted molar refractivity (Wildman–Crippen MR) is 135 cm³/mol. The highest BCUT2D eigenvalue weighted by molar-refractivity contribution is 6.30.